The summed E-state index contributed by atoms with van der Waals surface area (Å²) in [5.41, 5.74) is 1.11. The fourth-order valence-corrected chi connectivity index (χ4v) is 0.475. The minimum Gasteiger partial charge on any atom is -0.392 e. The largest absolute Gasteiger partial charge is 0.392 e. The van der Waals surface area contributed by atoms with Gasteiger partial charge in [-0.15, -0.1) is 0 Å². The molecular weight excluding hydrogens is 100 g/mol. The molecule has 0 rings (SSSR count). The highest BCUT2D eigenvalue weighted by atomic mass is 16.2. The predicted octanol–water partition coefficient (Wildman–Crippen LogP) is 1.50. The summed E-state index contributed by atoms with van der Waals surface area (Å²) in [6.45, 7) is 4.04. The zero-order chi connectivity index (χ0) is 6.41. The third-order valence-corrected chi connectivity index (χ3v) is 0.843. The van der Waals surface area contributed by atoms with Crippen molar-refractivity contribution in [3.8, 4) is 0 Å². The maximum absolute atomic E-state index is 8.35. The van der Waals surface area contributed by atoms with Crippen LogP contribution in [-0.4, -0.2) is 11.7 Å². The topological polar surface area (TPSA) is 20.2 Å². The van der Waals surface area contributed by atoms with Crippen molar-refractivity contribution in [2.75, 3.05) is 6.61 Å². The van der Waals surface area contributed by atoms with Gasteiger partial charge >= 0.3 is 0 Å². The Hall–Kier alpha value is -0.560. The SMILES string of the molecule is C/C=C/C(C)=C\CO. The minimum absolute atomic E-state index is 0.135. The van der Waals surface area contributed by atoms with Crippen LogP contribution in [0.4, 0.5) is 0 Å². The van der Waals surface area contributed by atoms with Gasteiger partial charge in [0, 0.05) is 0 Å². The molecule has 0 saturated carbocycles. The van der Waals surface area contributed by atoms with E-state index in [4.69, 9.17) is 5.11 Å². The Kier molecular flexibility index (Phi) is 4.27. The van der Waals surface area contributed by atoms with Gasteiger partial charge in [-0.25, -0.2) is 0 Å². The molecule has 0 fully saturated rings. The van der Waals surface area contributed by atoms with Crippen LogP contribution in [-0.2, 0) is 0 Å². The molecule has 8 heavy (non-hydrogen) atoms. The maximum Gasteiger partial charge on any atom is 0.0617 e. The summed E-state index contributed by atoms with van der Waals surface area (Å²) in [5, 5.41) is 8.35. The first-order valence-electron chi connectivity index (χ1n) is 2.71. The molecule has 0 aromatic heterocycles. The van der Waals surface area contributed by atoms with Crippen molar-refractivity contribution in [3.05, 3.63) is 23.8 Å². The van der Waals surface area contributed by atoms with Crippen LogP contribution < -0.4 is 0 Å². The summed E-state index contributed by atoms with van der Waals surface area (Å²) in [7, 11) is 0. The molecular formula is C7H12O. The molecule has 1 heteroatoms. The van der Waals surface area contributed by atoms with Crippen LogP contribution in [0.5, 0.6) is 0 Å². The first kappa shape index (κ1) is 7.44. The van der Waals surface area contributed by atoms with Gasteiger partial charge in [-0.1, -0.05) is 23.8 Å². The summed E-state index contributed by atoms with van der Waals surface area (Å²) in [4.78, 5) is 0. The zero-order valence-electron chi connectivity index (χ0n) is 5.39. The van der Waals surface area contributed by atoms with E-state index in [0.717, 1.165) is 5.57 Å². The van der Waals surface area contributed by atoms with Gasteiger partial charge in [0.25, 0.3) is 0 Å². The van der Waals surface area contributed by atoms with E-state index in [0.29, 0.717) is 0 Å². The van der Waals surface area contributed by atoms with Crippen molar-refractivity contribution in [2.24, 2.45) is 0 Å². The molecule has 0 radical (unpaired) electrons. The number of hydrogen-bond acceptors (Lipinski definition) is 1. The first-order valence-corrected chi connectivity index (χ1v) is 2.71. The number of rotatable bonds is 2. The lowest BCUT2D eigenvalue weighted by molar-refractivity contribution is 0.342. The second-order valence-electron chi connectivity index (χ2n) is 1.63. The van der Waals surface area contributed by atoms with E-state index in [-0.39, 0.29) is 6.61 Å². The quantitative estimate of drug-likeness (QED) is 0.537. The van der Waals surface area contributed by atoms with Crippen molar-refractivity contribution in [2.45, 2.75) is 13.8 Å². The fraction of sp³-hybridized carbons (Fsp3) is 0.429. The van der Waals surface area contributed by atoms with E-state index in [1.165, 1.54) is 0 Å². The second kappa shape index (κ2) is 4.60. The molecule has 0 heterocycles. The van der Waals surface area contributed by atoms with Gasteiger partial charge in [-0.05, 0) is 13.8 Å². The Morgan fingerprint density at radius 2 is 2.25 bits per heavy atom. The summed E-state index contributed by atoms with van der Waals surface area (Å²) in [5.74, 6) is 0. The summed E-state index contributed by atoms with van der Waals surface area (Å²) >= 11 is 0. The highest BCUT2D eigenvalue weighted by Crippen LogP contribution is 1.91. The van der Waals surface area contributed by atoms with Crippen LogP contribution >= 0.6 is 0 Å². The number of aliphatic hydroxyl groups is 1. The smallest absolute Gasteiger partial charge is 0.0617 e. The zero-order valence-corrected chi connectivity index (χ0v) is 5.39. The molecule has 0 aliphatic rings. The lowest BCUT2D eigenvalue weighted by Gasteiger charge is -1.85. The van der Waals surface area contributed by atoms with Gasteiger partial charge in [0.2, 0.25) is 0 Å². The molecule has 0 atom stereocenters. The van der Waals surface area contributed by atoms with Crippen LogP contribution in [0.25, 0.3) is 0 Å². The van der Waals surface area contributed by atoms with Gasteiger partial charge in [-0.2, -0.15) is 0 Å². The maximum atomic E-state index is 8.35. The molecule has 0 aromatic rings. The van der Waals surface area contributed by atoms with E-state index >= 15 is 0 Å². The summed E-state index contributed by atoms with van der Waals surface area (Å²) in [6.07, 6.45) is 5.66. The van der Waals surface area contributed by atoms with Gasteiger partial charge in [0.15, 0.2) is 0 Å². The molecule has 0 spiro atoms. The van der Waals surface area contributed by atoms with E-state index < -0.39 is 0 Å². The monoisotopic (exact) mass is 112 g/mol. The highest BCUT2D eigenvalue weighted by molar-refractivity contribution is 5.14. The molecule has 0 saturated heterocycles. The third-order valence-electron chi connectivity index (χ3n) is 0.843. The van der Waals surface area contributed by atoms with Crippen LogP contribution in [0.3, 0.4) is 0 Å². The number of hydrogen-bond donors (Lipinski definition) is 1. The van der Waals surface area contributed by atoms with E-state index in [9.17, 15) is 0 Å². The average molecular weight is 112 g/mol. The van der Waals surface area contributed by atoms with Gasteiger partial charge in [-0.3, -0.25) is 0 Å². The second-order valence-corrected chi connectivity index (χ2v) is 1.63. The molecule has 0 bridgehead atoms. The fourth-order valence-electron chi connectivity index (χ4n) is 0.475. The van der Waals surface area contributed by atoms with Crippen molar-refractivity contribution >= 4 is 0 Å². The molecule has 0 amide bonds. The van der Waals surface area contributed by atoms with Gasteiger partial charge < -0.3 is 5.11 Å². The van der Waals surface area contributed by atoms with Crippen molar-refractivity contribution in [1.82, 2.24) is 0 Å². The van der Waals surface area contributed by atoms with Crippen LogP contribution in [0.15, 0.2) is 23.8 Å². The van der Waals surface area contributed by atoms with E-state index in [2.05, 4.69) is 0 Å². The van der Waals surface area contributed by atoms with Crippen LogP contribution in [0.2, 0.25) is 0 Å². The first-order chi connectivity index (χ1) is 3.81. The highest BCUT2D eigenvalue weighted by Gasteiger charge is 1.74. The predicted molar refractivity (Wildman–Crippen MR) is 35.7 cm³/mol. The lowest BCUT2D eigenvalue weighted by atomic mass is 10.3. The Morgan fingerprint density at radius 3 is 2.62 bits per heavy atom. The van der Waals surface area contributed by atoms with Crippen LogP contribution in [0.1, 0.15) is 13.8 Å². The van der Waals surface area contributed by atoms with Crippen molar-refractivity contribution in [1.29, 1.82) is 0 Å². The van der Waals surface area contributed by atoms with Crippen molar-refractivity contribution < 1.29 is 5.11 Å². The Morgan fingerprint density at radius 1 is 1.62 bits per heavy atom. The molecule has 1 nitrogen and oxygen atoms in total. The van der Waals surface area contributed by atoms with Crippen molar-refractivity contribution in [3.63, 3.8) is 0 Å². The van der Waals surface area contributed by atoms with Gasteiger partial charge in [0.05, 0.1) is 6.61 Å². The Balaban J connectivity index is 3.61. The molecule has 0 aromatic carbocycles. The standard InChI is InChI=1S/C7H12O/c1-3-4-7(2)5-6-8/h3-5,8H,6H2,1-2H3/b4-3+,7-5-. The summed E-state index contributed by atoms with van der Waals surface area (Å²) < 4.78 is 0. The van der Waals surface area contributed by atoms with E-state index in [1.807, 2.05) is 26.0 Å². The molecule has 0 unspecified atom stereocenters. The third kappa shape index (κ3) is 3.62. The molecule has 1 N–H and O–H groups in total. The summed E-state index contributed by atoms with van der Waals surface area (Å²) in [6, 6.07) is 0. The van der Waals surface area contributed by atoms with Gasteiger partial charge in [0.1, 0.15) is 0 Å². The van der Waals surface area contributed by atoms with Crippen LogP contribution in [0, 0.1) is 0 Å². The molecule has 46 valence electrons. The Bertz CT molecular complexity index is 101. The Labute approximate surface area is 50.3 Å². The lowest BCUT2D eigenvalue weighted by Crippen LogP contribution is -1.74. The van der Waals surface area contributed by atoms with E-state index in [1.54, 1.807) is 6.08 Å². The molecule has 0 aliphatic carbocycles. The number of aliphatic hydroxyl groups excluding tert-OH is 1. The normalized spacial score (nSPS) is 13.1. The minimum atomic E-state index is 0.135. The number of allylic oxidation sites excluding steroid dienone is 3. The molecule has 0 aliphatic heterocycles. The average Bonchev–Trinajstić information content (AvgIpc) is 1.68.